The first kappa shape index (κ1) is 15.4. The summed E-state index contributed by atoms with van der Waals surface area (Å²) in [6.07, 6.45) is 3.68. The predicted octanol–water partition coefficient (Wildman–Crippen LogP) is 4.14. The molecule has 0 saturated carbocycles. The molecule has 0 rings (SSSR count). The maximum atomic E-state index is 6.37. The second-order valence-electron chi connectivity index (χ2n) is 5.05. The first-order valence-corrected chi connectivity index (χ1v) is 11.8. The lowest BCUT2D eigenvalue weighted by Gasteiger charge is -2.34. The molecule has 0 N–H and O–H groups in total. The molecular formula is C11H28O2Si2. The highest BCUT2D eigenvalue weighted by molar-refractivity contribution is 6.82. The Morgan fingerprint density at radius 2 is 1.53 bits per heavy atom. The summed E-state index contributed by atoms with van der Waals surface area (Å²) in [5, 5.41) is 0. The molecule has 0 saturated heterocycles. The lowest BCUT2D eigenvalue weighted by Crippen LogP contribution is -2.47. The SMILES string of the molecule is CCCC[Si](C)(OC)O[Si](C)(C)CCC. The largest absolute Gasteiger partial charge is 0.436 e. The Morgan fingerprint density at radius 1 is 0.933 bits per heavy atom. The summed E-state index contributed by atoms with van der Waals surface area (Å²) in [5.41, 5.74) is 0. The van der Waals surface area contributed by atoms with Crippen LogP contribution in [-0.4, -0.2) is 24.0 Å². The van der Waals surface area contributed by atoms with Gasteiger partial charge in [0, 0.05) is 7.11 Å². The van der Waals surface area contributed by atoms with Gasteiger partial charge in [0.25, 0.3) is 0 Å². The lowest BCUT2D eigenvalue weighted by molar-refractivity contribution is 0.299. The highest BCUT2D eigenvalue weighted by Gasteiger charge is 2.36. The van der Waals surface area contributed by atoms with Gasteiger partial charge in [0.15, 0.2) is 8.32 Å². The molecule has 1 atom stereocenters. The van der Waals surface area contributed by atoms with Crippen molar-refractivity contribution in [2.24, 2.45) is 0 Å². The van der Waals surface area contributed by atoms with Gasteiger partial charge >= 0.3 is 8.56 Å². The Kier molecular flexibility index (Phi) is 6.99. The minimum atomic E-state index is -1.86. The zero-order valence-electron chi connectivity index (χ0n) is 11.4. The first-order valence-electron chi connectivity index (χ1n) is 6.14. The van der Waals surface area contributed by atoms with E-state index in [0.717, 1.165) is 6.04 Å². The van der Waals surface area contributed by atoms with Crippen molar-refractivity contribution in [2.75, 3.05) is 7.11 Å². The first-order chi connectivity index (χ1) is 6.89. The van der Waals surface area contributed by atoms with Crippen molar-refractivity contribution in [3.8, 4) is 0 Å². The van der Waals surface area contributed by atoms with Crippen LogP contribution in [0.4, 0.5) is 0 Å². The van der Waals surface area contributed by atoms with Gasteiger partial charge in [0.2, 0.25) is 0 Å². The van der Waals surface area contributed by atoms with E-state index in [2.05, 4.69) is 33.5 Å². The molecule has 0 bridgehead atoms. The molecule has 0 fully saturated rings. The molecule has 0 aliphatic heterocycles. The fraction of sp³-hybridized carbons (Fsp3) is 1.00. The van der Waals surface area contributed by atoms with Gasteiger partial charge in [0.05, 0.1) is 0 Å². The molecule has 0 radical (unpaired) electrons. The zero-order chi connectivity index (χ0) is 11.9. The molecule has 0 aromatic carbocycles. The van der Waals surface area contributed by atoms with Gasteiger partial charge < -0.3 is 8.54 Å². The Bertz CT molecular complexity index is 174. The fourth-order valence-electron chi connectivity index (χ4n) is 1.93. The molecule has 0 aliphatic rings. The van der Waals surface area contributed by atoms with Crippen molar-refractivity contribution in [3.05, 3.63) is 0 Å². The summed E-state index contributed by atoms with van der Waals surface area (Å²) in [5.74, 6) is 0. The average molecular weight is 249 g/mol. The van der Waals surface area contributed by atoms with Gasteiger partial charge in [0.1, 0.15) is 0 Å². The monoisotopic (exact) mass is 248 g/mol. The molecule has 0 aliphatic carbocycles. The second kappa shape index (κ2) is 6.83. The van der Waals surface area contributed by atoms with E-state index < -0.39 is 16.9 Å². The minimum absolute atomic E-state index is 1.14. The number of unbranched alkanes of at least 4 members (excludes halogenated alkanes) is 1. The Balaban J connectivity index is 4.27. The summed E-state index contributed by atoms with van der Waals surface area (Å²) < 4.78 is 12.0. The normalized spacial score (nSPS) is 16.4. The topological polar surface area (TPSA) is 18.5 Å². The van der Waals surface area contributed by atoms with Crippen LogP contribution in [0, 0.1) is 0 Å². The van der Waals surface area contributed by atoms with Crippen LogP contribution < -0.4 is 0 Å². The third-order valence-electron chi connectivity index (χ3n) is 2.76. The smallest absolute Gasteiger partial charge is 0.324 e. The third kappa shape index (κ3) is 6.50. The van der Waals surface area contributed by atoms with Crippen LogP contribution in [0.3, 0.4) is 0 Å². The average Bonchev–Trinajstić information content (AvgIpc) is 2.14. The van der Waals surface area contributed by atoms with E-state index in [1.165, 1.54) is 25.3 Å². The Hall–Kier alpha value is 0.354. The van der Waals surface area contributed by atoms with Crippen LogP contribution in [0.15, 0.2) is 0 Å². The zero-order valence-corrected chi connectivity index (χ0v) is 13.4. The Morgan fingerprint density at radius 3 is 1.93 bits per heavy atom. The van der Waals surface area contributed by atoms with Crippen molar-refractivity contribution >= 4 is 16.9 Å². The van der Waals surface area contributed by atoms with Crippen molar-refractivity contribution in [1.29, 1.82) is 0 Å². The van der Waals surface area contributed by atoms with Crippen LogP contribution in [0.5, 0.6) is 0 Å². The summed E-state index contributed by atoms with van der Waals surface area (Å²) in [6, 6.07) is 2.38. The molecule has 4 heteroatoms. The molecular weight excluding hydrogens is 220 g/mol. The number of rotatable bonds is 8. The summed E-state index contributed by atoms with van der Waals surface area (Å²) >= 11 is 0. The maximum absolute atomic E-state index is 6.37. The van der Waals surface area contributed by atoms with Gasteiger partial charge in [-0.05, 0) is 31.7 Å². The van der Waals surface area contributed by atoms with Gasteiger partial charge in [-0.2, -0.15) is 0 Å². The predicted molar refractivity (Wildman–Crippen MR) is 72.0 cm³/mol. The van der Waals surface area contributed by atoms with Crippen molar-refractivity contribution in [2.45, 2.75) is 64.8 Å². The number of hydrogen-bond acceptors (Lipinski definition) is 2. The van der Waals surface area contributed by atoms with E-state index in [4.69, 9.17) is 8.54 Å². The number of hydrogen-bond donors (Lipinski definition) is 0. The molecule has 0 aromatic heterocycles. The highest BCUT2D eigenvalue weighted by atomic mass is 28.4. The Labute approximate surface area is 97.7 Å². The molecule has 2 nitrogen and oxygen atoms in total. The van der Waals surface area contributed by atoms with Crippen LogP contribution in [0.2, 0.25) is 31.7 Å². The van der Waals surface area contributed by atoms with E-state index in [9.17, 15) is 0 Å². The summed E-state index contributed by atoms with van der Waals surface area (Å²) in [4.78, 5) is 0. The van der Waals surface area contributed by atoms with E-state index in [1.54, 1.807) is 0 Å². The van der Waals surface area contributed by atoms with Crippen LogP contribution in [0.1, 0.15) is 33.1 Å². The molecule has 0 spiro atoms. The van der Waals surface area contributed by atoms with Gasteiger partial charge in [-0.15, -0.1) is 0 Å². The van der Waals surface area contributed by atoms with Crippen LogP contribution in [0.25, 0.3) is 0 Å². The van der Waals surface area contributed by atoms with E-state index in [-0.39, 0.29) is 0 Å². The molecule has 0 heterocycles. The van der Waals surface area contributed by atoms with Crippen LogP contribution >= 0.6 is 0 Å². The quantitative estimate of drug-likeness (QED) is 0.601. The van der Waals surface area contributed by atoms with E-state index in [0.29, 0.717) is 0 Å². The van der Waals surface area contributed by atoms with Gasteiger partial charge in [-0.3, -0.25) is 0 Å². The van der Waals surface area contributed by atoms with E-state index in [1.807, 2.05) is 7.11 Å². The van der Waals surface area contributed by atoms with E-state index >= 15 is 0 Å². The minimum Gasteiger partial charge on any atom is -0.436 e. The van der Waals surface area contributed by atoms with Gasteiger partial charge in [-0.1, -0.05) is 33.1 Å². The molecule has 0 amide bonds. The van der Waals surface area contributed by atoms with Crippen molar-refractivity contribution < 1.29 is 8.54 Å². The highest BCUT2D eigenvalue weighted by Crippen LogP contribution is 2.24. The lowest BCUT2D eigenvalue weighted by atomic mass is 10.4. The summed E-state index contributed by atoms with van der Waals surface area (Å²) in [6.45, 7) is 11.3. The molecule has 1 unspecified atom stereocenters. The molecule has 15 heavy (non-hydrogen) atoms. The van der Waals surface area contributed by atoms with Crippen molar-refractivity contribution in [1.82, 2.24) is 0 Å². The summed E-state index contributed by atoms with van der Waals surface area (Å²) in [7, 11) is -1.51. The van der Waals surface area contributed by atoms with Crippen LogP contribution in [-0.2, 0) is 8.54 Å². The molecule has 0 aromatic rings. The second-order valence-corrected chi connectivity index (χ2v) is 13.1. The third-order valence-corrected chi connectivity index (χ3v) is 10.5. The standard InChI is InChI=1S/C11H28O2Si2/c1-7-9-11-15(6,12-3)13-14(4,5)10-8-2/h7-11H2,1-6H3. The van der Waals surface area contributed by atoms with Crippen molar-refractivity contribution in [3.63, 3.8) is 0 Å². The molecule has 92 valence electrons. The fourth-order valence-corrected chi connectivity index (χ4v) is 10.2. The van der Waals surface area contributed by atoms with Gasteiger partial charge in [-0.25, -0.2) is 0 Å². The maximum Gasteiger partial charge on any atom is 0.324 e.